The number of amides is 1. The van der Waals surface area contributed by atoms with Crippen molar-refractivity contribution in [3.63, 3.8) is 0 Å². The summed E-state index contributed by atoms with van der Waals surface area (Å²) in [6.45, 7) is 0.398. The van der Waals surface area contributed by atoms with Crippen LogP contribution < -0.4 is 10.1 Å². The molecule has 1 aliphatic rings. The number of nitrogens with zero attached hydrogens (tertiary/aromatic N) is 2. The summed E-state index contributed by atoms with van der Waals surface area (Å²) < 4.78 is 7.75. The molecule has 5 nitrogen and oxygen atoms in total. The maximum atomic E-state index is 12.2. The van der Waals surface area contributed by atoms with Crippen LogP contribution in [0.2, 0.25) is 0 Å². The van der Waals surface area contributed by atoms with Crippen LogP contribution in [-0.4, -0.2) is 21.3 Å². The summed E-state index contributed by atoms with van der Waals surface area (Å²) in [5.74, 6) is 0.730. The Hall–Kier alpha value is -2.82. The van der Waals surface area contributed by atoms with E-state index in [1.165, 1.54) is 12.8 Å². The number of carbonyl (C=O) groups is 1. The maximum Gasteiger partial charge on any atom is 0.251 e. The van der Waals surface area contributed by atoms with E-state index in [9.17, 15) is 4.79 Å². The summed E-state index contributed by atoms with van der Waals surface area (Å²) in [7, 11) is 0. The van der Waals surface area contributed by atoms with Crippen molar-refractivity contribution < 1.29 is 9.53 Å². The van der Waals surface area contributed by atoms with Crippen molar-refractivity contribution in [1.29, 1.82) is 0 Å². The number of rotatable bonds is 5. The molecule has 5 heteroatoms. The first-order valence-electron chi connectivity index (χ1n) is 8.74. The predicted octanol–water partition coefficient (Wildman–Crippen LogP) is 3.59. The lowest BCUT2D eigenvalue weighted by molar-refractivity contribution is 0.0938. The Morgan fingerprint density at radius 1 is 1.16 bits per heavy atom. The molecule has 2 heterocycles. The smallest absolute Gasteiger partial charge is 0.251 e. The quantitative estimate of drug-likeness (QED) is 0.775. The minimum atomic E-state index is -0.00111. The van der Waals surface area contributed by atoms with E-state index in [1.807, 2.05) is 59.3 Å². The van der Waals surface area contributed by atoms with E-state index in [0.717, 1.165) is 29.9 Å². The van der Waals surface area contributed by atoms with Crippen LogP contribution in [0.15, 0.2) is 54.9 Å². The summed E-state index contributed by atoms with van der Waals surface area (Å²) in [4.78, 5) is 16.7. The van der Waals surface area contributed by atoms with Gasteiger partial charge in [0.2, 0.25) is 0 Å². The fraction of sp³-hybridized carbons (Fsp3) is 0.300. The lowest BCUT2D eigenvalue weighted by atomic mass is 10.1. The highest BCUT2D eigenvalue weighted by molar-refractivity contribution is 5.94. The zero-order valence-electron chi connectivity index (χ0n) is 14.0. The van der Waals surface area contributed by atoms with E-state index in [0.29, 0.717) is 18.2 Å². The average Bonchev–Trinajstić information content (AvgIpc) is 3.29. The minimum Gasteiger partial charge on any atom is -0.487 e. The highest BCUT2D eigenvalue weighted by atomic mass is 16.5. The number of aromatic nitrogens is 2. The number of benzene rings is 1. The van der Waals surface area contributed by atoms with Gasteiger partial charge < -0.3 is 14.5 Å². The van der Waals surface area contributed by atoms with E-state index in [1.54, 1.807) is 0 Å². The van der Waals surface area contributed by atoms with Gasteiger partial charge in [0.15, 0.2) is 0 Å². The predicted molar refractivity (Wildman–Crippen MR) is 95.7 cm³/mol. The van der Waals surface area contributed by atoms with Gasteiger partial charge in [-0.05, 0) is 49.2 Å². The molecule has 1 amide bonds. The third-order valence-corrected chi connectivity index (χ3v) is 4.61. The SMILES string of the molecule is O=C(NC1CCCC1)c1ccc(OCc2cn3ccccc3n2)cc1. The Labute approximate surface area is 146 Å². The van der Waals surface area contributed by atoms with E-state index in [-0.39, 0.29) is 5.91 Å². The summed E-state index contributed by atoms with van der Waals surface area (Å²) in [6, 6.07) is 13.5. The number of ether oxygens (including phenoxy) is 1. The molecule has 25 heavy (non-hydrogen) atoms. The molecule has 0 unspecified atom stereocenters. The van der Waals surface area contributed by atoms with E-state index < -0.39 is 0 Å². The normalized spacial score (nSPS) is 14.7. The number of pyridine rings is 1. The van der Waals surface area contributed by atoms with Gasteiger partial charge in [0, 0.05) is 24.0 Å². The Balaban J connectivity index is 1.35. The van der Waals surface area contributed by atoms with Gasteiger partial charge in [-0.2, -0.15) is 0 Å². The van der Waals surface area contributed by atoms with Gasteiger partial charge in [0.1, 0.15) is 18.0 Å². The van der Waals surface area contributed by atoms with Crippen LogP contribution in [-0.2, 0) is 6.61 Å². The van der Waals surface area contributed by atoms with Crippen LogP contribution in [0.3, 0.4) is 0 Å². The zero-order valence-corrected chi connectivity index (χ0v) is 14.0. The molecular formula is C20H21N3O2. The number of hydrogen-bond acceptors (Lipinski definition) is 3. The molecule has 1 aliphatic carbocycles. The summed E-state index contributed by atoms with van der Waals surface area (Å²) in [5, 5.41) is 3.09. The van der Waals surface area contributed by atoms with Crippen molar-refractivity contribution >= 4 is 11.6 Å². The molecule has 0 aliphatic heterocycles. The average molecular weight is 335 g/mol. The van der Waals surface area contributed by atoms with E-state index in [4.69, 9.17) is 4.74 Å². The molecule has 1 N–H and O–H groups in total. The van der Waals surface area contributed by atoms with Crippen LogP contribution >= 0.6 is 0 Å². The fourth-order valence-corrected chi connectivity index (χ4v) is 3.26. The number of imidazole rings is 1. The Morgan fingerprint density at radius 2 is 1.96 bits per heavy atom. The van der Waals surface area contributed by atoms with Gasteiger partial charge in [0.05, 0.1) is 5.69 Å². The van der Waals surface area contributed by atoms with Crippen LogP contribution in [0, 0.1) is 0 Å². The topological polar surface area (TPSA) is 55.6 Å². The fourth-order valence-electron chi connectivity index (χ4n) is 3.26. The lowest BCUT2D eigenvalue weighted by Crippen LogP contribution is -2.32. The second-order valence-electron chi connectivity index (χ2n) is 6.47. The monoisotopic (exact) mass is 335 g/mol. The van der Waals surface area contributed by atoms with Crippen LogP contribution in [0.4, 0.5) is 0 Å². The van der Waals surface area contributed by atoms with Crippen molar-refractivity contribution in [2.45, 2.75) is 38.3 Å². The van der Waals surface area contributed by atoms with Crippen molar-refractivity contribution in [2.75, 3.05) is 0 Å². The van der Waals surface area contributed by atoms with Crippen molar-refractivity contribution in [3.8, 4) is 5.75 Å². The van der Waals surface area contributed by atoms with Crippen molar-refractivity contribution in [1.82, 2.24) is 14.7 Å². The summed E-state index contributed by atoms with van der Waals surface area (Å²) in [5.41, 5.74) is 2.45. The Morgan fingerprint density at radius 3 is 2.72 bits per heavy atom. The molecule has 0 bridgehead atoms. The van der Waals surface area contributed by atoms with Gasteiger partial charge in [0.25, 0.3) is 5.91 Å². The first kappa shape index (κ1) is 15.7. The molecule has 4 rings (SSSR count). The molecule has 128 valence electrons. The molecule has 1 saturated carbocycles. The molecular weight excluding hydrogens is 314 g/mol. The molecule has 0 saturated heterocycles. The molecule has 2 aromatic heterocycles. The minimum absolute atomic E-state index is 0.00111. The standard InChI is InChI=1S/C20H21N3O2/c24-20(22-16-5-1-2-6-16)15-8-10-18(11-9-15)25-14-17-13-23-12-4-3-7-19(23)21-17/h3-4,7-13,16H,1-2,5-6,14H2,(H,22,24). The van der Waals surface area contributed by atoms with Gasteiger partial charge >= 0.3 is 0 Å². The van der Waals surface area contributed by atoms with E-state index >= 15 is 0 Å². The third kappa shape index (κ3) is 3.65. The first-order valence-corrected chi connectivity index (χ1v) is 8.74. The number of fused-ring (bicyclic) bond motifs is 1. The van der Waals surface area contributed by atoms with Gasteiger partial charge in [-0.1, -0.05) is 18.9 Å². The first-order chi connectivity index (χ1) is 12.3. The van der Waals surface area contributed by atoms with Crippen LogP contribution in [0.1, 0.15) is 41.7 Å². The van der Waals surface area contributed by atoms with Gasteiger partial charge in [-0.3, -0.25) is 4.79 Å². The number of hydrogen-bond donors (Lipinski definition) is 1. The van der Waals surface area contributed by atoms with Gasteiger partial charge in [-0.15, -0.1) is 0 Å². The second-order valence-corrected chi connectivity index (χ2v) is 6.47. The van der Waals surface area contributed by atoms with Crippen molar-refractivity contribution in [3.05, 3.63) is 66.1 Å². The van der Waals surface area contributed by atoms with E-state index in [2.05, 4.69) is 10.3 Å². The van der Waals surface area contributed by atoms with Crippen molar-refractivity contribution in [2.24, 2.45) is 0 Å². The zero-order chi connectivity index (χ0) is 17.1. The highest BCUT2D eigenvalue weighted by Crippen LogP contribution is 2.19. The molecule has 3 aromatic rings. The molecule has 1 aromatic carbocycles. The molecule has 0 spiro atoms. The number of nitrogens with one attached hydrogen (secondary N) is 1. The largest absolute Gasteiger partial charge is 0.487 e. The third-order valence-electron chi connectivity index (χ3n) is 4.61. The maximum absolute atomic E-state index is 12.2. The Kier molecular flexibility index (Phi) is 4.37. The molecule has 1 fully saturated rings. The van der Waals surface area contributed by atoms with Gasteiger partial charge in [-0.25, -0.2) is 4.98 Å². The lowest BCUT2D eigenvalue weighted by Gasteiger charge is -2.12. The van der Waals surface area contributed by atoms with Crippen LogP contribution in [0.25, 0.3) is 5.65 Å². The molecule has 0 atom stereocenters. The summed E-state index contributed by atoms with van der Waals surface area (Å²) in [6.07, 6.45) is 8.52. The summed E-state index contributed by atoms with van der Waals surface area (Å²) >= 11 is 0. The number of carbonyl (C=O) groups excluding carboxylic acids is 1. The highest BCUT2D eigenvalue weighted by Gasteiger charge is 2.17. The second kappa shape index (κ2) is 6.97. The van der Waals surface area contributed by atoms with Crippen LogP contribution in [0.5, 0.6) is 5.75 Å². The molecule has 0 radical (unpaired) electrons. The Bertz CT molecular complexity index is 831.